The fraction of sp³-hybridized carbons (Fsp3) is 0.304. The van der Waals surface area contributed by atoms with Crippen LogP contribution in [0.1, 0.15) is 44.6 Å². The van der Waals surface area contributed by atoms with Crippen molar-refractivity contribution in [2.75, 3.05) is 4.90 Å². The highest BCUT2D eigenvalue weighted by atomic mass is 35.5. The first kappa shape index (κ1) is 22.6. The van der Waals surface area contributed by atoms with E-state index in [1.165, 1.54) is 35.2 Å². The van der Waals surface area contributed by atoms with Crippen molar-refractivity contribution in [3.8, 4) is 0 Å². The van der Waals surface area contributed by atoms with Crippen molar-refractivity contribution in [2.45, 2.75) is 39.0 Å². The van der Waals surface area contributed by atoms with E-state index in [4.69, 9.17) is 11.6 Å². The van der Waals surface area contributed by atoms with Gasteiger partial charge in [0.15, 0.2) is 5.78 Å². The van der Waals surface area contributed by atoms with E-state index in [9.17, 15) is 29.8 Å². The van der Waals surface area contributed by atoms with Crippen LogP contribution in [0.15, 0.2) is 53.7 Å². The number of nitro groups is 2. The highest BCUT2D eigenvalue weighted by Gasteiger charge is 2.44. The van der Waals surface area contributed by atoms with Crippen LogP contribution in [0, 0.1) is 25.6 Å². The maximum atomic E-state index is 13.4. The molecule has 0 radical (unpaired) electrons. The van der Waals surface area contributed by atoms with Crippen molar-refractivity contribution in [2.24, 2.45) is 5.41 Å². The van der Waals surface area contributed by atoms with E-state index in [-0.39, 0.29) is 40.2 Å². The Balaban J connectivity index is 1.87. The van der Waals surface area contributed by atoms with Gasteiger partial charge in [-0.15, -0.1) is 0 Å². The number of ketones is 1. The lowest BCUT2D eigenvalue weighted by atomic mass is 9.69. The number of amides is 1. The summed E-state index contributed by atoms with van der Waals surface area (Å²) in [5.74, 6) is -0.941. The van der Waals surface area contributed by atoms with Crippen LogP contribution in [0.2, 0.25) is 5.02 Å². The molecule has 2 aliphatic rings. The molecule has 0 saturated heterocycles. The van der Waals surface area contributed by atoms with E-state index in [2.05, 4.69) is 0 Å². The summed E-state index contributed by atoms with van der Waals surface area (Å²) in [5.41, 5.74) is 1.25. The molecule has 0 fully saturated rings. The van der Waals surface area contributed by atoms with Gasteiger partial charge in [-0.05, 0) is 23.5 Å². The molecule has 0 spiro atoms. The zero-order valence-corrected chi connectivity index (χ0v) is 18.7. The molecular formula is C23H20ClN3O6. The Hall–Kier alpha value is -3.59. The number of rotatable bonds is 4. The summed E-state index contributed by atoms with van der Waals surface area (Å²) in [7, 11) is 0. The van der Waals surface area contributed by atoms with Crippen LogP contribution in [-0.2, 0) is 9.59 Å². The lowest BCUT2D eigenvalue weighted by molar-refractivity contribution is -0.385. The molecule has 2 aromatic rings. The molecule has 0 aromatic heterocycles. The minimum absolute atomic E-state index is 0.0316. The lowest BCUT2D eigenvalue weighted by Gasteiger charge is -2.43. The number of hydrogen-bond donors (Lipinski definition) is 0. The van der Waals surface area contributed by atoms with Crippen molar-refractivity contribution in [3.05, 3.63) is 84.5 Å². The first-order valence-electron chi connectivity index (χ1n) is 10.3. The third kappa shape index (κ3) is 4.11. The van der Waals surface area contributed by atoms with Gasteiger partial charge in [0.25, 0.3) is 11.4 Å². The highest BCUT2D eigenvalue weighted by Crippen LogP contribution is 2.49. The van der Waals surface area contributed by atoms with Gasteiger partial charge in [0.05, 0.1) is 20.6 Å². The Morgan fingerprint density at radius 1 is 0.970 bits per heavy atom. The predicted octanol–water partition coefficient (Wildman–Crippen LogP) is 5.32. The number of hydrogen-bond acceptors (Lipinski definition) is 6. The summed E-state index contributed by atoms with van der Waals surface area (Å²) in [5, 5.41) is 22.2. The molecule has 9 nitrogen and oxygen atoms in total. The number of nitro benzene ring substituents is 2. The molecule has 4 rings (SSSR count). The minimum atomic E-state index is -0.573. The lowest BCUT2D eigenvalue weighted by Crippen LogP contribution is -2.43. The van der Waals surface area contributed by atoms with Crippen molar-refractivity contribution in [1.82, 2.24) is 0 Å². The zero-order valence-electron chi connectivity index (χ0n) is 17.9. The fourth-order valence-corrected chi connectivity index (χ4v) is 4.86. The largest absolute Gasteiger partial charge is 0.294 e. The molecule has 1 heterocycles. The van der Waals surface area contributed by atoms with Crippen molar-refractivity contribution in [1.29, 1.82) is 0 Å². The summed E-state index contributed by atoms with van der Waals surface area (Å²) in [6, 6.07) is 9.73. The Kier molecular flexibility index (Phi) is 5.53. The van der Waals surface area contributed by atoms with Crippen LogP contribution in [0.3, 0.4) is 0 Å². The van der Waals surface area contributed by atoms with Crippen LogP contribution in [0.4, 0.5) is 17.1 Å². The first-order valence-corrected chi connectivity index (χ1v) is 10.6. The fourth-order valence-electron chi connectivity index (χ4n) is 4.60. The molecule has 0 saturated carbocycles. The first-order chi connectivity index (χ1) is 15.5. The topological polar surface area (TPSA) is 124 Å². The quantitative estimate of drug-likeness (QED) is 0.441. The van der Waals surface area contributed by atoms with E-state index >= 15 is 0 Å². The normalized spacial score (nSPS) is 20.0. The van der Waals surface area contributed by atoms with Crippen molar-refractivity contribution >= 4 is 40.4 Å². The second-order valence-corrected chi connectivity index (χ2v) is 9.44. The summed E-state index contributed by atoms with van der Waals surface area (Å²) >= 11 is 6.34. The Morgan fingerprint density at radius 3 is 2.15 bits per heavy atom. The maximum absolute atomic E-state index is 13.4. The number of allylic oxidation sites excluding steroid dienone is 2. The van der Waals surface area contributed by atoms with E-state index in [1.54, 1.807) is 12.1 Å². The number of benzene rings is 2. The van der Waals surface area contributed by atoms with Crippen LogP contribution < -0.4 is 4.90 Å². The van der Waals surface area contributed by atoms with Crippen LogP contribution >= 0.6 is 11.6 Å². The Bertz CT molecular complexity index is 1240. The standard InChI is InChI=1S/C23H20ClN3O6/c1-23(2)11-19-22(20(28)12-23)16(13-3-5-14(6-4-13)26(30)31)10-21(29)25(19)18-8-7-15(27(32)33)9-17(18)24/h3-9,16H,10-12H2,1-2H3. The van der Waals surface area contributed by atoms with Crippen molar-refractivity contribution < 1.29 is 19.4 Å². The number of anilines is 1. The molecule has 0 N–H and O–H groups in total. The molecule has 0 bridgehead atoms. The Labute approximate surface area is 193 Å². The molecule has 33 heavy (non-hydrogen) atoms. The average molecular weight is 470 g/mol. The number of carbonyl (C=O) groups is 2. The predicted molar refractivity (Wildman–Crippen MR) is 121 cm³/mol. The van der Waals surface area contributed by atoms with E-state index in [1.807, 2.05) is 13.8 Å². The summed E-state index contributed by atoms with van der Waals surface area (Å²) < 4.78 is 0. The van der Waals surface area contributed by atoms with Gasteiger partial charge >= 0.3 is 0 Å². The van der Waals surface area contributed by atoms with E-state index < -0.39 is 21.2 Å². The van der Waals surface area contributed by atoms with Gasteiger partial charge < -0.3 is 0 Å². The monoisotopic (exact) mass is 469 g/mol. The summed E-state index contributed by atoms with van der Waals surface area (Å²) in [6.07, 6.45) is 0.693. The molecule has 1 amide bonds. The smallest absolute Gasteiger partial charge is 0.271 e. The number of carbonyl (C=O) groups excluding carboxylic acids is 2. The van der Waals surface area contributed by atoms with Gasteiger partial charge in [-0.2, -0.15) is 0 Å². The third-order valence-corrected chi connectivity index (χ3v) is 6.33. The van der Waals surface area contributed by atoms with Gasteiger partial charge in [0.2, 0.25) is 5.91 Å². The van der Waals surface area contributed by atoms with Crippen LogP contribution in [-0.4, -0.2) is 21.5 Å². The molecule has 10 heteroatoms. The molecule has 1 atom stereocenters. The Morgan fingerprint density at radius 2 is 1.58 bits per heavy atom. The minimum Gasteiger partial charge on any atom is -0.294 e. The van der Waals surface area contributed by atoms with Crippen LogP contribution in [0.5, 0.6) is 0 Å². The van der Waals surface area contributed by atoms with Gasteiger partial charge in [-0.25, -0.2) is 0 Å². The number of non-ortho nitro benzene ring substituents is 2. The molecule has 1 aliphatic heterocycles. The molecule has 1 aliphatic carbocycles. The molecule has 1 unspecified atom stereocenters. The zero-order chi connectivity index (χ0) is 24.1. The van der Waals surface area contributed by atoms with Gasteiger partial charge in [-0.3, -0.25) is 34.7 Å². The van der Waals surface area contributed by atoms with E-state index in [0.717, 1.165) is 0 Å². The average Bonchev–Trinajstić information content (AvgIpc) is 2.72. The second kappa shape index (κ2) is 8.08. The summed E-state index contributed by atoms with van der Waals surface area (Å²) in [6.45, 7) is 3.87. The van der Waals surface area contributed by atoms with Gasteiger partial charge in [-0.1, -0.05) is 37.6 Å². The highest BCUT2D eigenvalue weighted by molar-refractivity contribution is 6.34. The maximum Gasteiger partial charge on any atom is 0.271 e. The van der Waals surface area contributed by atoms with Gasteiger partial charge in [0.1, 0.15) is 0 Å². The van der Waals surface area contributed by atoms with E-state index in [0.29, 0.717) is 29.7 Å². The molecular weight excluding hydrogens is 450 g/mol. The number of halogens is 1. The van der Waals surface area contributed by atoms with Crippen LogP contribution in [0.25, 0.3) is 0 Å². The summed E-state index contributed by atoms with van der Waals surface area (Å²) in [4.78, 5) is 49.1. The number of nitrogens with zero attached hydrogens (tertiary/aromatic N) is 3. The SMILES string of the molecule is CC1(C)CC(=O)C2=C(C1)N(c1ccc([N+](=O)[O-])cc1Cl)C(=O)CC2c1ccc([N+](=O)[O-])cc1. The number of Topliss-reactive ketones (excluding diaryl/α,β-unsaturated/α-hetero) is 1. The van der Waals surface area contributed by atoms with Crippen molar-refractivity contribution in [3.63, 3.8) is 0 Å². The molecule has 2 aromatic carbocycles. The molecule has 170 valence electrons. The third-order valence-electron chi connectivity index (χ3n) is 6.03. The second-order valence-electron chi connectivity index (χ2n) is 9.03. The van der Waals surface area contributed by atoms with Gasteiger partial charge in [0, 0.05) is 54.3 Å².